The summed E-state index contributed by atoms with van der Waals surface area (Å²) in [5.74, 6) is 1.08. The molecule has 0 aromatic heterocycles. The highest BCUT2D eigenvalue weighted by Gasteiger charge is 2.50. The Labute approximate surface area is 78.1 Å². The average Bonchev–Trinajstić information content (AvgIpc) is 2.74. The van der Waals surface area contributed by atoms with Gasteiger partial charge in [-0.25, -0.2) is 0 Å². The second-order valence-electron chi connectivity index (χ2n) is 4.23. The van der Waals surface area contributed by atoms with Crippen molar-refractivity contribution in [3.63, 3.8) is 0 Å². The van der Waals surface area contributed by atoms with Crippen molar-refractivity contribution in [2.75, 3.05) is 13.7 Å². The Morgan fingerprint density at radius 1 is 1.46 bits per heavy atom. The first-order valence-corrected chi connectivity index (χ1v) is 4.96. The number of ether oxygens (including phenoxy) is 1. The first-order valence-electron chi connectivity index (χ1n) is 4.96. The number of hydrogen-bond acceptors (Lipinski definition) is 3. The van der Waals surface area contributed by atoms with Gasteiger partial charge in [-0.1, -0.05) is 0 Å². The van der Waals surface area contributed by atoms with Crippen molar-refractivity contribution >= 4 is 5.97 Å². The maximum absolute atomic E-state index is 11.4. The van der Waals surface area contributed by atoms with Gasteiger partial charge in [0.25, 0.3) is 0 Å². The summed E-state index contributed by atoms with van der Waals surface area (Å²) in [6, 6.07) is 0. The third-order valence-corrected chi connectivity index (χ3v) is 3.77. The standard InChI is InChI=1S/C10H16O3/c1-13-10(12)9-7-3-2-6(4-7)8(9)5-11/h6-9,11H,2-5H2,1H3/t6?,7?,8-,9+/m1/s1. The zero-order chi connectivity index (χ0) is 9.42. The Kier molecular flexibility index (Phi) is 2.28. The number of fused-ring (bicyclic) bond motifs is 2. The predicted octanol–water partition coefficient (Wildman–Crippen LogP) is 0.814. The topological polar surface area (TPSA) is 46.5 Å². The van der Waals surface area contributed by atoms with Gasteiger partial charge in [-0.3, -0.25) is 4.79 Å². The quantitative estimate of drug-likeness (QED) is 0.646. The van der Waals surface area contributed by atoms with E-state index in [4.69, 9.17) is 4.74 Å². The van der Waals surface area contributed by atoms with Gasteiger partial charge in [0.2, 0.25) is 0 Å². The number of carbonyl (C=O) groups is 1. The van der Waals surface area contributed by atoms with E-state index in [0.29, 0.717) is 11.8 Å². The number of methoxy groups -OCH3 is 1. The van der Waals surface area contributed by atoms with E-state index in [0.717, 1.165) is 12.8 Å². The molecule has 3 heteroatoms. The highest BCUT2D eigenvalue weighted by molar-refractivity contribution is 5.73. The smallest absolute Gasteiger partial charge is 0.309 e. The normalized spacial score (nSPS) is 42.3. The van der Waals surface area contributed by atoms with Crippen molar-refractivity contribution in [1.82, 2.24) is 0 Å². The number of rotatable bonds is 2. The van der Waals surface area contributed by atoms with Gasteiger partial charge in [-0.15, -0.1) is 0 Å². The second-order valence-corrected chi connectivity index (χ2v) is 4.23. The molecule has 2 fully saturated rings. The van der Waals surface area contributed by atoms with Gasteiger partial charge < -0.3 is 9.84 Å². The molecule has 0 radical (unpaired) electrons. The largest absolute Gasteiger partial charge is 0.469 e. The fourth-order valence-electron chi connectivity index (χ4n) is 3.18. The lowest BCUT2D eigenvalue weighted by atomic mass is 9.80. The Balaban J connectivity index is 2.13. The van der Waals surface area contributed by atoms with E-state index in [-0.39, 0.29) is 24.4 Å². The first-order chi connectivity index (χ1) is 6.27. The predicted molar refractivity (Wildman–Crippen MR) is 46.9 cm³/mol. The number of esters is 1. The van der Waals surface area contributed by atoms with Crippen LogP contribution in [0.15, 0.2) is 0 Å². The average molecular weight is 184 g/mol. The monoisotopic (exact) mass is 184 g/mol. The third-order valence-electron chi connectivity index (χ3n) is 3.77. The van der Waals surface area contributed by atoms with Crippen LogP contribution in [0, 0.1) is 23.7 Å². The number of aliphatic hydroxyl groups is 1. The second kappa shape index (κ2) is 3.29. The summed E-state index contributed by atoms with van der Waals surface area (Å²) in [5.41, 5.74) is 0. The van der Waals surface area contributed by atoms with Crippen molar-refractivity contribution in [2.24, 2.45) is 23.7 Å². The molecule has 2 aliphatic carbocycles. The summed E-state index contributed by atoms with van der Waals surface area (Å²) in [7, 11) is 1.43. The van der Waals surface area contributed by atoms with E-state index in [1.807, 2.05) is 0 Å². The molecular formula is C10H16O3. The van der Waals surface area contributed by atoms with Gasteiger partial charge >= 0.3 is 5.97 Å². The molecular weight excluding hydrogens is 168 g/mol. The number of hydrogen-bond donors (Lipinski definition) is 1. The summed E-state index contributed by atoms with van der Waals surface area (Å²) in [4.78, 5) is 11.4. The molecule has 2 rings (SSSR count). The lowest BCUT2D eigenvalue weighted by molar-refractivity contribution is -0.150. The molecule has 0 aliphatic heterocycles. The van der Waals surface area contributed by atoms with Crippen molar-refractivity contribution in [3.05, 3.63) is 0 Å². The van der Waals surface area contributed by atoms with Gasteiger partial charge in [0.1, 0.15) is 0 Å². The van der Waals surface area contributed by atoms with E-state index < -0.39 is 0 Å². The molecule has 2 aliphatic rings. The fourth-order valence-corrected chi connectivity index (χ4v) is 3.18. The van der Waals surface area contributed by atoms with Crippen molar-refractivity contribution < 1.29 is 14.6 Å². The first kappa shape index (κ1) is 9.00. The fraction of sp³-hybridized carbons (Fsp3) is 0.900. The summed E-state index contributed by atoms with van der Waals surface area (Å²) in [6.07, 6.45) is 3.44. The zero-order valence-electron chi connectivity index (χ0n) is 7.90. The molecule has 74 valence electrons. The minimum Gasteiger partial charge on any atom is -0.469 e. The van der Waals surface area contributed by atoms with E-state index in [2.05, 4.69) is 0 Å². The summed E-state index contributed by atoms with van der Waals surface area (Å²) in [6.45, 7) is 0.140. The Bertz CT molecular complexity index is 214. The maximum atomic E-state index is 11.4. The van der Waals surface area contributed by atoms with Crippen molar-refractivity contribution in [1.29, 1.82) is 0 Å². The molecule has 0 heterocycles. The van der Waals surface area contributed by atoms with Crippen LogP contribution in [0.1, 0.15) is 19.3 Å². The van der Waals surface area contributed by atoms with Crippen LogP contribution < -0.4 is 0 Å². The van der Waals surface area contributed by atoms with Crippen molar-refractivity contribution in [2.45, 2.75) is 19.3 Å². The zero-order valence-corrected chi connectivity index (χ0v) is 7.90. The molecule has 1 N–H and O–H groups in total. The molecule has 2 saturated carbocycles. The molecule has 4 atom stereocenters. The highest BCUT2D eigenvalue weighted by Crippen LogP contribution is 2.52. The molecule has 3 nitrogen and oxygen atoms in total. The number of aliphatic hydroxyl groups excluding tert-OH is 1. The molecule has 2 unspecified atom stereocenters. The van der Waals surface area contributed by atoms with Gasteiger partial charge in [0.05, 0.1) is 13.0 Å². The maximum Gasteiger partial charge on any atom is 0.309 e. The van der Waals surface area contributed by atoms with Crippen LogP contribution in [-0.4, -0.2) is 24.8 Å². The van der Waals surface area contributed by atoms with E-state index in [1.165, 1.54) is 13.5 Å². The van der Waals surface area contributed by atoms with Crippen LogP contribution in [0.5, 0.6) is 0 Å². The van der Waals surface area contributed by atoms with E-state index >= 15 is 0 Å². The van der Waals surface area contributed by atoms with E-state index in [9.17, 15) is 9.90 Å². The lowest BCUT2D eigenvalue weighted by Crippen LogP contribution is -2.32. The van der Waals surface area contributed by atoms with Gasteiger partial charge in [-0.2, -0.15) is 0 Å². The SMILES string of the molecule is COC(=O)[C@H]1C2CCC(C2)[C@H]1CO. The molecule has 0 saturated heterocycles. The van der Waals surface area contributed by atoms with Crippen LogP contribution in [0.3, 0.4) is 0 Å². The molecule has 0 aromatic carbocycles. The molecule has 2 bridgehead atoms. The molecule has 13 heavy (non-hydrogen) atoms. The lowest BCUT2D eigenvalue weighted by Gasteiger charge is -2.27. The summed E-state index contributed by atoms with van der Waals surface area (Å²) >= 11 is 0. The van der Waals surface area contributed by atoms with Gasteiger partial charge in [-0.05, 0) is 37.0 Å². The van der Waals surface area contributed by atoms with Crippen LogP contribution in [0.25, 0.3) is 0 Å². The minimum atomic E-state index is -0.119. The molecule has 0 spiro atoms. The van der Waals surface area contributed by atoms with Crippen LogP contribution in [0.2, 0.25) is 0 Å². The van der Waals surface area contributed by atoms with Crippen LogP contribution >= 0.6 is 0 Å². The third kappa shape index (κ3) is 1.26. The Morgan fingerprint density at radius 2 is 2.15 bits per heavy atom. The summed E-state index contributed by atoms with van der Waals surface area (Å²) in [5, 5.41) is 9.20. The molecule has 0 amide bonds. The van der Waals surface area contributed by atoms with E-state index in [1.54, 1.807) is 0 Å². The Morgan fingerprint density at radius 3 is 2.77 bits per heavy atom. The van der Waals surface area contributed by atoms with Crippen molar-refractivity contribution in [3.8, 4) is 0 Å². The minimum absolute atomic E-state index is 0.0197. The highest BCUT2D eigenvalue weighted by atomic mass is 16.5. The van der Waals surface area contributed by atoms with Crippen LogP contribution in [-0.2, 0) is 9.53 Å². The van der Waals surface area contributed by atoms with Gasteiger partial charge in [0.15, 0.2) is 0 Å². The van der Waals surface area contributed by atoms with Gasteiger partial charge in [0, 0.05) is 6.61 Å². The summed E-state index contributed by atoms with van der Waals surface area (Å²) < 4.78 is 4.77. The molecule has 0 aromatic rings. The Hall–Kier alpha value is -0.570. The number of carbonyl (C=O) groups excluding carboxylic acids is 1. The van der Waals surface area contributed by atoms with Crippen LogP contribution in [0.4, 0.5) is 0 Å².